The van der Waals surface area contributed by atoms with Gasteiger partial charge in [-0.15, -0.1) is 0 Å². The highest BCUT2D eigenvalue weighted by atomic mass is 19.4. The van der Waals surface area contributed by atoms with Gasteiger partial charge >= 0.3 is 12.2 Å². The molecule has 4 heterocycles. The Kier molecular flexibility index (Phi) is 5.50. The molecular weight excluding hydrogens is 467 g/mol. The van der Waals surface area contributed by atoms with Gasteiger partial charge in [0, 0.05) is 43.0 Å². The van der Waals surface area contributed by atoms with Gasteiger partial charge in [-0.3, -0.25) is 4.90 Å². The normalized spacial score (nSPS) is 19.0. The van der Waals surface area contributed by atoms with Crippen molar-refractivity contribution >= 4 is 28.9 Å². The highest BCUT2D eigenvalue weighted by molar-refractivity contribution is 6.06. The zero-order valence-electron chi connectivity index (χ0n) is 19.6. The molecule has 0 saturated carbocycles. The van der Waals surface area contributed by atoms with Crippen molar-refractivity contribution in [2.24, 2.45) is 0 Å². The summed E-state index contributed by atoms with van der Waals surface area (Å²) in [6.07, 6.45) is -0.120. The van der Waals surface area contributed by atoms with E-state index in [-0.39, 0.29) is 12.2 Å². The lowest BCUT2D eigenvalue weighted by atomic mass is 10.1. The minimum atomic E-state index is -4.44. The van der Waals surface area contributed by atoms with Gasteiger partial charge < -0.3 is 15.1 Å². The number of nitrogens with one attached hydrogen (secondary N) is 1. The summed E-state index contributed by atoms with van der Waals surface area (Å²) < 4.78 is 39.7. The van der Waals surface area contributed by atoms with Crippen LogP contribution in [0.2, 0.25) is 0 Å². The summed E-state index contributed by atoms with van der Waals surface area (Å²) in [5.41, 5.74) is 2.68. The maximum Gasteiger partial charge on any atom is 0.416 e. The first-order valence-corrected chi connectivity index (χ1v) is 12.3. The number of carbonyl (C=O) groups is 1. The Balaban J connectivity index is 1.25. The molecule has 2 aromatic carbocycles. The molecule has 0 radical (unpaired) electrons. The first-order chi connectivity index (χ1) is 17.4. The number of hydrogen-bond donors (Lipinski definition) is 1. The molecule has 3 aromatic rings. The molecule has 0 unspecified atom stereocenters. The van der Waals surface area contributed by atoms with E-state index in [0.29, 0.717) is 22.8 Å². The molecule has 0 spiro atoms. The minimum Gasteiger partial charge on any atom is -0.372 e. The Morgan fingerprint density at radius 2 is 1.72 bits per heavy atom. The SMILES string of the molecule is O=C(Nc1ccc(N2CCCCC2)cc1)N1c2nc(-c3cccc(C(F)(F)F)c3)ccc2N2CC[C@@H]21. The molecule has 36 heavy (non-hydrogen) atoms. The summed E-state index contributed by atoms with van der Waals surface area (Å²) >= 11 is 0. The van der Waals surface area contributed by atoms with Crippen molar-refractivity contribution in [1.29, 1.82) is 0 Å². The first-order valence-electron chi connectivity index (χ1n) is 12.3. The van der Waals surface area contributed by atoms with Crippen LogP contribution in [0.15, 0.2) is 60.7 Å². The smallest absolute Gasteiger partial charge is 0.372 e. The van der Waals surface area contributed by atoms with Crippen molar-refractivity contribution in [2.45, 2.75) is 38.0 Å². The van der Waals surface area contributed by atoms with E-state index in [1.165, 1.54) is 25.3 Å². The van der Waals surface area contributed by atoms with Crippen LogP contribution in [-0.2, 0) is 6.18 Å². The fourth-order valence-corrected chi connectivity index (χ4v) is 5.25. The number of anilines is 4. The molecule has 2 saturated heterocycles. The Hall–Kier alpha value is -3.75. The number of hydrogen-bond acceptors (Lipinski definition) is 4. The largest absolute Gasteiger partial charge is 0.416 e. The second-order valence-corrected chi connectivity index (χ2v) is 9.48. The number of piperidine rings is 1. The van der Waals surface area contributed by atoms with Gasteiger partial charge in [-0.1, -0.05) is 12.1 Å². The van der Waals surface area contributed by atoms with E-state index in [4.69, 9.17) is 0 Å². The molecular formula is C27H26F3N5O. The summed E-state index contributed by atoms with van der Waals surface area (Å²) in [6.45, 7) is 2.90. The number of benzene rings is 2. The van der Waals surface area contributed by atoms with Crippen LogP contribution in [0.1, 0.15) is 31.2 Å². The van der Waals surface area contributed by atoms with Crippen molar-refractivity contribution in [3.8, 4) is 11.3 Å². The molecule has 2 fully saturated rings. The number of nitrogens with zero attached hydrogens (tertiary/aromatic N) is 4. The molecule has 3 aliphatic rings. The quantitative estimate of drug-likeness (QED) is 0.462. The molecule has 2 amide bonds. The van der Waals surface area contributed by atoms with Crippen LogP contribution in [0.4, 0.5) is 40.8 Å². The summed E-state index contributed by atoms with van der Waals surface area (Å²) in [5, 5.41) is 2.98. The van der Waals surface area contributed by atoms with Crippen LogP contribution in [-0.4, -0.2) is 36.8 Å². The number of alkyl halides is 3. The summed E-state index contributed by atoms with van der Waals surface area (Å²) in [5.74, 6) is 0.467. The number of amides is 2. The zero-order chi connectivity index (χ0) is 24.9. The van der Waals surface area contributed by atoms with Crippen molar-refractivity contribution in [3.63, 3.8) is 0 Å². The Morgan fingerprint density at radius 1 is 0.944 bits per heavy atom. The molecule has 0 aliphatic carbocycles. The van der Waals surface area contributed by atoms with Crippen LogP contribution >= 0.6 is 0 Å². The lowest BCUT2D eigenvalue weighted by Gasteiger charge is -2.39. The number of carbonyl (C=O) groups excluding carboxylic acids is 1. The van der Waals surface area contributed by atoms with Crippen LogP contribution in [0.25, 0.3) is 11.3 Å². The maximum atomic E-state index is 13.4. The number of pyridine rings is 1. The molecule has 1 aromatic heterocycles. The molecule has 1 N–H and O–H groups in total. The van der Waals surface area contributed by atoms with E-state index in [1.54, 1.807) is 17.0 Å². The first kappa shape index (κ1) is 22.7. The lowest BCUT2D eigenvalue weighted by Crippen LogP contribution is -2.56. The topological polar surface area (TPSA) is 51.7 Å². The van der Waals surface area contributed by atoms with Crippen LogP contribution < -0.4 is 20.0 Å². The van der Waals surface area contributed by atoms with Gasteiger partial charge in [0.25, 0.3) is 0 Å². The fraction of sp³-hybridized carbons (Fsp3) is 0.333. The van der Waals surface area contributed by atoms with Gasteiger partial charge in [-0.25, -0.2) is 9.78 Å². The Morgan fingerprint density at radius 3 is 2.42 bits per heavy atom. The number of halogens is 3. The van der Waals surface area contributed by atoms with E-state index in [9.17, 15) is 18.0 Å². The molecule has 6 nitrogen and oxygen atoms in total. The van der Waals surface area contributed by atoms with Crippen molar-refractivity contribution in [2.75, 3.05) is 39.7 Å². The van der Waals surface area contributed by atoms with Crippen LogP contribution in [0.5, 0.6) is 0 Å². The number of fused-ring (bicyclic) bond motifs is 3. The number of aromatic nitrogens is 1. The maximum absolute atomic E-state index is 13.4. The van der Waals surface area contributed by atoms with Gasteiger partial charge in [-0.05, 0) is 67.8 Å². The lowest BCUT2D eigenvalue weighted by molar-refractivity contribution is -0.137. The molecule has 186 valence electrons. The Bertz CT molecular complexity index is 1290. The predicted octanol–water partition coefficient (Wildman–Crippen LogP) is 6.35. The van der Waals surface area contributed by atoms with Crippen molar-refractivity contribution in [3.05, 3.63) is 66.2 Å². The van der Waals surface area contributed by atoms with Gasteiger partial charge in [0.1, 0.15) is 6.17 Å². The summed E-state index contributed by atoms with van der Waals surface area (Å²) in [4.78, 5) is 24.1. The standard InChI is InChI=1S/C27H26F3N5O/c28-27(29,30)19-6-4-5-18(17-19)22-11-12-23-25(32-22)35(24-13-16-34(23)24)26(36)31-20-7-9-21(10-8-20)33-14-2-1-3-15-33/h4-12,17,24H,1-3,13-16H2,(H,31,36)/t24-/m0/s1. The number of rotatable bonds is 3. The van der Waals surface area contributed by atoms with E-state index >= 15 is 0 Å². The summed E-state index contributed by atoms with van der Waals surface area (Å²) in [7, 11) is 0. The monoisotopic (exact) mass is 493 g/mol. The second kappa shape index (κ2) is 8.72. The predicted molar refractivity (Wildman–Crippen MR) is 134 cm³/mol. The third-order valence-corrected chi connectivity index (χ3v) is 7.22. The van der Waals surface area contributed by atoms with Crippen LogP contribution in [0.3, 0.4) is 0 Å². The van der Waals surface area contributed by atoms with Gasteiger partial charge in [0.05, 0.1) is 16.9 Å². The number of urea groups is 1. The highest BCUT2D eigenvalue weighted by Crippen LogP contribution is 2.45. The van der Waals surface area contributed by atoms with Gasteiger partial charge in [0.15, 0.2) is 5.82 Å². The average Bonchev–Trinajstić information content (AvgIpc) is 3.09. The average molecular weight is 494 g/mol. The van der Waals surface area contributed by atoms with Gasteiger partial charge in [-0.2, -0.15) is 13.2 Å². The second-order valence-electron chi connectivity index (χ2n) is 9.48. The molecule has 9 heteroatoms. The summed E-state index contributed by atoms with van der Waals surface area (Å²) in [6, 6.07) is 16.2. The third kappa shape index (κ3) is 4.02. The van der Waals surface area contributed by atoms with E-state index in [0.717, 1.165) is 49.6 Å². The van der Waals surface area contributed by atoms with Crippen molar-refractivity contribution in [1.82, 2.24) is 4.98 Å². The van der Waals surface area contributed by atoms with E-state index in [2.05, 4.69) is 20.1 Å². The van der Waals surface area contributed by atoms with Crippen LogP contribution in [0, 0.1) is 0 Å². The minimum absolute atomic E-state index is 0.142. The fourth-order valence-electron chi connectivity index (χ4n) is 5.25. The van der Waals surface area contributed by atoms with E-state index < -0.39 is 11.7 Å². The molecule has 3 aliphatic heterocycles. The molecule has 0 bridgehead atoms. The molecule has 1 atom stereocenters. The van der Waals surface area contributed by atoms with Gasteiger partial charge in [0.2, 0.25) is 0 Å². The van der Waals surface area contributed by atoms with Crippen molar-refractivity contribution < 1.29 is 18.0 Å². The van der Waals surface area contributed by atoms with E-state index in [1.807, 2.05) is 30.3 Å². The molecule has 6 rings (SSSR count). The Labute approximate surface area is 207 Å². The third-order valence-electron chi connectivity index (χ3n) is 7.22. The highest BCUT2D eigenvalue weighted by Gasteiger charge is 2.46. The zero-order valence-corrected chi connectivity index (χ0v) is 19.6.